The fourth-order valence-corrected chi connectivity index (χ4v) is 2.44. The monoisotopic (exact) mass is 262 g/mol. The summed E-state index contributed by atoms with van der Waals surface area (Å²) >= 11 is 0. The van der Waals surface area contributed by atoms with Crippen molar-refractivity contribution < 1.29 is 9.47 Å². The third-order valence-electron chi connectivity index (χ3n) is 3.73. The number of likely N-dealkylation sites (N-methyl/N-ethyl adjacent to an activating group) is 1. The largest absolute Gasteiger partial charge is 0.486 e. The van der Waals surface area contributed by atoms with E-state index >= 15 is 0 Å². The van der Waals surface area contributed by atoms with Crippen molar-refractivity contribution in [1.82, 2.24) is 5.32 Å². The summed E-state index contributed by atoms with van der Waals surface area (Å²) in [6.45, 7) is 5.46. The summed E-state index contributed by atoms with van der Waals surface area (Å²) in [5, 5.41) is 3.54. The van der Waals surface area contributed by atoms with Crippen LogP contribution >= 0.6 is 0 Å². The molecule has 2 aliphatic rings. The van der Waals surface area contributed by atoms with Gasteiger partial charge in [-0.05, 0) is 31.4 Å². The summed E-state index contributed by atoms with van der Waals surface area (Å²) in [6, 6.07) is 4.95. The minimum absolute atomic E-state index is 0.641. The van der Waals surface area contributed by atoms with Gasteiger partial charge in [0.25, 0.3) is 0 Å². The normalized spacial score (nSPS) is 17.4. The molecule has 0 atom stereocenters. The lowest BCUT2D eigenvalue weighted by molar-refractivity contribution is 0.171. The quantitative estimate of drug-likeness (QED) is 0.879. The first-order valence-corrected chi connectivity index (χ1v) is 7.09. The van der Waals surface area contributed by atoms with E-state index in [1.54, 1.807) is 0 Å². The molecule has 1 aromatic carbocycles. The molecule has 1 saturated carbocycles. The van der Waals surface area contributed by atoms with Crippen molar-refractivity contribution in [3.8, 4) is 11.5 Å². The standard InChI is InChI=1S/C15H22N2O2/c1-11-9-14-15(19-8-7-18-14)10-13(11)17(2)6-5-16-12-3-4-12/h9-10,12,16H,3-8H2,1-2H3. The Morgan fingerprint density at radius 1 is 1.21 bits per heavy atom. The van der Waals surface area contributed by atoms with Crippen LogP contribution in [-0.4, -0.2) is 39.4 Å². The fraction of sp³-hybridized carbons (Fsp3) is 0.600. The number of aryl methyl sites for hydroxylation is 1. The second-order valence-corrected chi connectivity index (χ2v) is 5.43. The van der Waals surface area contributed by atoms with Gasteiger partial charge in [-0.3, -0.25) is 0 Å². The van der Waals surface area contributed by atoms with Crippen LogP contribution in [0.5, 0.6) is 11.5 Å². The molecule has 0 bridgehead atoms. The van der Waals surface area contributed by atoms with E-state index in [-0.39, 0.29) is 0 Å². The number of rotatable bonds is 5. The zero-order valence-corrected chi connectivity index (χ0v) is 11.7. The van der Waals surface area contributed by atoms with Crippen molar-refractivity contribution >= 4 is 5.69 Å². The number of nitrogens with one attached hydrogen (secondary N) is 1. The molecule has 0 spiro atoms. The van der Waals surface area contributed by atoms with Crippen LogP contribution in [0.3, 0.4) is 0 Å². The molecule has 1 heterocycles. The van der Waals surface area contributed by atoms with E-state index in [0.717, 1.165) is 30.6 Å². The van der Waals surface area contributed by atoms with E-state index in [4.69, 9.17) is 9.47 Å². The van der Waals surface area contributed by atoms with Gasteiger partial charge in [0, 0.05) is 37.9 Å². The SMILES string of the molecule is Cc1cc2c(cc1N(C)CCNC1CC1)OCCO2. The van der Waals surface area contributed by atoms with Crippen LogP contribution in [0.15, 0.2) is 12.1 Å². The van der Waals surface area contributed by atoms with E-state index in [1.165, 1.54) is 24.1 Å². The average Bonchev–Trinajstić information content (AvgIpc) is 3.22. The maximum absolute atomic E-state index is 5.65. The predicted octanol–water partition coefficient (Wildman–Crippen LogP) is 1.95. The molecule has 0 unspecified atom stereocenters. The summed E-state index contributed by atoms with van der Waals surface area (Å²) in [6.07, 6.45) is 2.68. The lowest BCUT2D eigenvalue weighted by atomic mass is 10.1. The second-order valence-electron chi connectivity index (χ2n) is 5.43. The lowest BCUT2D eigenvalue weighted by Crippen LogP contribution is -2.30. The Balaban J connectivity index is 1.67. The van der Waals surface area contributed by atoms with Crippen LogP contribution < -0.4 is 19.7 Å². The molecule has 0 amide bonds. The Morgan fingerprint density at radius 3 is 2.58 bits per heavy atom. The summed E-state index contributed by atoms with van der Waals surface area (Å²) in [4.78, 5) is 2.28. The minimum Gasteiger partial charge on any atom is -0.486 e. The highest BCUT2D eigenvalue weighted by Gasteiger charge is 2.20. The van der Waals surface area contributed by atoms with Crippen LogP contribution in [0.25, 0.3) is 0 Å². The molecule has 1 aliphatic carbocycles. The molecule has 1 fully saturated rings. The first-order valence-electron chi connectivity index (χ1n) is 7.09. The van der Waals surface area contributed by atoms with Crippen molar-refractivity contribution in [3.05, 3.63) is 17.7 Å². The van der Waals surface area contributed by atoms with Crippen LogP contribution in [0.2, 0.25) is 0 Å². The molecular formula is C15H22N2O2. The first-order chi connectivity index (χ1) is 9.24. The molecule has 1 aliphatic heterocycles. The number of benzene rings is 1. The summed E-state index contributed by atoms with van der Waals surface area (Å²) in [5.41, 5.74) is 2.46. The molecule has 4 nitrogen and oxygen atoms in total. The number of anilines is 1. The Hall–Kier alpha value is -1.42. The molecule has 19 heavy (non-hydrogen) atoms. The van der Waals surface area contributed by atoms with Gasteiger partial charge in [0.2, 0.25) is 0 Å². The van der Waals surface area contributed by atoms with Crippen molar-refractivity contribution in [2.45, 2.75) is 25.8 Å². The number of hydrogen-bond acceptors (Lipinski definition) is 4. The highest BCUT2D eigenvalue weighted by atomic mass is 16.6. The maximum Gasteiger partial charge on any atom is 0.163 e. The Morgan fingerprint density at radius 2 is 1.89 bits per heavy atom. The molecule has 104 valence electrons. The van der Waals surface area contributed by atoms with Gasteiger partial charge in [-0.15, -0.1) is 0 Å². The molecule has 0 aromatic heterocycles. The maximum atomic E-state index is 5.65. The van der Waals surface area contributed by atoms with Gasteiger partial charge in [0.05, 0.1) is 0 Å². The minimum atomic E-state index is 0.641. The van der Waals surface area contributed by atoms with Gasteiger partial charge < -0.3 is 19.7 Å². The van der Waals surface area contributed by atoms with Crippen molar-refractivity contribution in [2.75, 3.05) is 38.3 Å². The van der Waals surface area contributed by atoms with E-state index < -0.39 is 0 Å². The summed E-state index contributed by atoms with van der Waals surface area (Å²) in [5.74, 6) is 1.74. The number of hydrogen-bond donors (Lipinski definition) is 1. The Kier molecular flexibility index (Phi) is 3.51. The van der Waals surface area contributed by atoms with Crippen LogP contribution in [0, 0.1) is 6.92 Å². The van der Waals surface area contributed by atoms with Crippen LogP contribution in [-0.2, 0) is 0 Å². The highest BCUT2D eigenvalue weighted by molar-refractivity contribution is 5.61. The number of ether oxygens (including phenoxy) is 2. The van der Waals surface area contributed by atoms with Crippen molar-refractivity contribution in [2.24, 2.45) is 0 Å². The zero-order valence-electron chi connectivity index (χ0n) is 11.7. The average molecular weight is 262 g/mol. The third kappa shape index (κ3) is 2.95. The van der Waals surface area contributed by atoms with Gasteiger partial charge in [-0.1, -0.05) is 0 Å². The smallest absolute Gasteiger partial charge is 0.163 e. The van der Waals surface area contributed by atoms with E-state index in [1.807, 2.05) is 0 Å². The molecule has 3 rings (SSSR count). The Bertz CT molecular complexity index is 458. The van der Waals surface area contributed by atoms with Gasteiger partial charge in [-0.2, -0.15) is 0 Å². The molecule has 0 radical (unpaired) electrons. The molecule has 1 N–H and O–H groups in total. The number of fused-ring (bicyclic) bond motifs is 1. The highest BCUT2D eigenvalue weighted by Crippen LogP contribution is 2.36. The summed E-state index contributed by atoms with van der Waals surface area (Å²) < 4.78 is 11.3. The first kappa shape index (κ1) is 12.6. The van der Waals surface area contributed by atoms with Crippen molar-refractivity contribution in [3.63, 3.8) is 0 Å². The lowest BCUT2D eigenvalue weighted by Gasteiger charge is -2.25. The molecule has 0 saturated heterocycles. The molecule has 1 aromatic rings. The second kappa shape index (κ2) is 5.29. The number of nitrogens with zero attached hydrogens (tertiary/aromatic N) is 1. The Labute approximate surface area is 114 Å². The van der Waals surface area contributed by atoms with E-state index in [2.05, 4.69) is 36.3 Å². The summed E-state index contributed by atoms with van der Waals surface area (Å²) in [7, 11) is 2.13. The van der Waals surface area contributed by atoms with Crippen LogP contribution in [0.1, 0.15) is 18.4 Å². The fourth-order valence-electron chi connectivity index (χ4n) is 2.44. The third-order valence-corrected chi connectivity index (χ3v) is 3.73. The van der Waals surface area contributed by atoms with E-state index in [0.29, 0.717) is 13.2 Å². The molecular weight excluding hydrogens is 240 g/mol. The van der Waals surface area contributed by atoms with Gasteiger partial charge in [0.15, 0.2) is 11.5 Å². The van der Waals surface area contributed by atoms with Crippen LogP contribution in [0.4, 0.5) is 5.69 Å². The topological polar surface area (TPSA) is 33.7 Å². The van der Waals surface area contributed by atoms with Crippen molar-refractivity contribution in [1.29, 1.82) is 0 Å². The predicted molar refractivity (Wildman–Crippen MR) is 76.5 cm³/mol. The van der Waals surface area contributed by atoms with Gasteiger partial charge >= 0.3 is 0 Å². The molecule has 4 heteroatoms. The van der Waals surface area contributed by atoms with Gasteiger partial charge in [-0.25, -0.2) is 0 Å². The zero-order chi connectivity index (χ0) is 13.2. The van der Waals surface area contributed by atoms with Gasteiger partial charge in [0.1, 0.15) is 13.2 Å². The van der Waals surface area contributed by atoms with E-state index in [9.17, 15) is 0 Å².